The first-order chi connectivity index (χ1) is 21.6. The average molecular weight is 645 g/mol. The minimum absolute atomic E-state index is 0.119. The van der Waals surface area contributed by atoms with Crippen LogP contribution in [0.25, 0.3) is 0 Å². The summed E-state index contributed by atoms with van der Waals surface area (Å²) in [5, 5.41) is 0. The minimum atomic E-state index is -1.23. The second kappa shape index (κ2) is 13.2. The minimum Gasteiger partial charge on any atom is -0.422 e. The third-order valence-corrected chi connectivity index (χ3v) is 6.91. The zero-order valence-electron chi connectivity index (χ0n) is 26.6. The van der Waals surface area contributed by atoms with Crippen LogP contribution in [0.1, 0.15) is 93.4 Å². The van der Waals surface area contributed by atoms with E-state index in [4.69, 9.17) is 42.6 Å². The van der Waals surface area contributed by atoms with Gasteiger partial charge in [-0.3, -0.25) is 28.8 Å². The number of esters is 6. The predicted molar refractivity (Wildman–Crippen MR) is 151 cm³/mol. The Morgan fingerprint density at radius 2 is 0.913 bits per heavy atom. The summed E-state index contributed by atoms with van der Waals surface area (Å²) in [5.74, 6) is -6.45. The third-order valence-electron chi connectivity index (χ3n) is 6.91. The third kappa shape index (κ3) is 6.42. The highest BCUT2D eigenvalue weighted by atomic mass is 16.7. The number of benzene rings is 2. The van der Waals surface area contributed by atoms with Crippen LogP contribution in [0.15, 0.2) is 0 Å². The highest BCUT2D eigenvalue weighted by Crippen LogP contribution is 2.62. The molecule has 2 aromatic rings. The Balaban J connectivity index is 2.09. The molecular formula is C31H32O15. The fourth-order valence-electron chi connectivity index (χ4n) is 5.44. The summed E-state index contributed by atoms with van der Waals surface area (Å²) in [5.41, 5.74) is 1.61. The van der Waals surface area contributed by atoms with Gasteiger partial charge in [0.15, 0.2) is 29.3 Å². The molecule has 2 aliphatic rings. The molecule has 0 aromatic heterocycles. The maximum Gasteiger partial charge on any atom is 0.308 e. The van der Waals surface area contributed by atoms with Crippen molar-refractivity contribution in [3.8, 4) is 34.5 Å². The van der Waals surface area contributed by atoms with Gasteiger partial charge in [0.1, 0.15) is 12.2 Å². The molecule has 46 heavy (non-hydrogen) atoms. The number of fused-ring (bicyclic) bond motifs is 2. The lowest BCUT2D eigenvalue weighted by atomic mass is 9.89. The molecule has 2 aromatic carbocycles. The lowest BCUT2D eigenvalue weighted by Gasteiger charge is -2.25. The molecule has 2 aliphatic heterocycles. The van der Waals surface area contributed by atoms with Crippen LogP contribution >= 0.6 is 0 Å². The maximum atomic E-state index is 12.4. The highest BCUT2D eigenvalue weighted by Gasteiger charge is 2.49. The van der Waals surface area contributed by atoms with E-state index < -0.39 is 54.3 Å². The molecule has 0 saturated carbocycles. The summed E-state index contributed by atoms with van der Waals surface area (Å²) in [7, 11) is 1.34. The quantitative estimate of drug-likeness (QED) is 0.298. The number of rotatable bonds is 8. The van der Waals surface area contributed by atoms with Crippen molar-refractivity contribution in [2.24, 2.45) is 0 Å². The Labute approximate surface area is 262 Å². The van der Waals surface area contributed by atoms with Crippen LogP contribution in [0.5, 0.6) is 34.5 Å². The smallest absolute Gasteiger partial charge is 0.308 e. The molecule has 3 unspecified atom stereocenters. The number of ether oxygens (including phenoxy) is 9. The molecule has 0 amide bonds. The van der Waals surface area contributed by atoms with Crippen molar-refractivity contribution in [1.29, 1.82) is 0 Å². The molecule has 0 bridgehead atoms. The first-order valence-corrected chi connectivity index (χ1v) is 13.9. The summed E-state index contributed by atoms with van der Waals surface area (Å²) in [6.45, 7) is 9.75. The Morgan fingerprint density at radius 3 is 1.35 bits per heavy atom. The summed E-state index contributed by atoms with van der Waals surface area (Å²) in [6.07, 6.45) is -3.57. The molecule has 0 spiro atoms. The number of methoxy groups -OCH3 is 1. The van der Waals surface area contributed by atoms with E-state index in [2.05, 4.69) is 0 Å². The Kier molecular flexibility index (Phi) is 9.80. The topological polar surface area (TPSA) is 185 Å². The zero-order valence-corrected chi connectivity index (χ0v) is 26.6. The van der Waals surface area contributed by atoms with E-state index in [1.807, 2.05) is 0 Å². The van der Waals surface area contributed by atoms with Crippen LogP contribution in [0.2, 0.25) is 0 Å². The van der Waals surface area contributed by atoms with Crippen molar-refractivity contribution in [2.75, 3.05) is 7.11 Å². The summed E-state index contributed by atoms with van der Waals surface area (Å²) in [6, 6.07) is 0. The van der Waals surface area contributed by atoms with E-state index in [0.717, 1.165) is 41.5 Å². The molecule has 15 heteroatoms. The summed E-state index contributed by atoms with van der Waals surface area (Å²) in [4.78, 5) is 73.4. The van der Waals surface area contributed by atoms with E-state index in [1.165, 1.54) is 7.11 Å². The molecule has 0 saturated heterocycles. The molecule has 0 N–H and O–H groups in total. The first kappa shape index (κ1) is 34.0. The Hall–Kier alpha value is -4.86. The number of hydrogen-bond donors (Lipinski definition) is 0. The van der Waals surface area contributed by atoms with Crippen molar-refractivity contribution in [2.45, 2.75) is 80.5 Å². The molecule has 0 aliphatic carbocycles. The van der Waals surface area contributed by atoms with Crippen molar-refractivity contribution in [3.05, 3.63) is 33.4 Å². The summed E-state index contributed by atoms with van der Waals surface area (Å²) >= 11 is 0. The van der Waals surface area contributed by atoms with Crippen molar-refractivity contribution in [3.63, 3.8) is 0 Å². The van der Waals surface area contributed by atoms with Gasteiger partial charge in [-0.15, -0.1) is 0 Å². The van der Waals surface area contributed by atoms with E-state index >= 15 is 0 Å². The van der Waals surface area contributed by atoms with Crippen molar-refractivity contribution < 1.29 is 71.4 Å². The van der Waals surface area contributed by atoms with E-state index in [-0.39, 0.29) is 63.4 Å². The first-order valence-electron chi connectivity index (χ1n) is 13.9. The van der Waals surface area contributed by atoms with Gasteiger partial charge in [0.2, 0.25) is 11.5 Å². The largest absolute Gasteiger partial charge is 0.422 e. The molecule has 2 heterocycles. The van der Waals surface area contributed by atoms with Crippen LogP contribution in [0, 0.1) is 13.8 Å². The SMILES string of the molecule is COC1OC(C2OCc3c(C)c(OC(C)=O)c(OC(C)=O)c(OC(C)=O)c32)c2c(OC(C)=O)c(OC(C)=O)c(OC(C)=O)c(C)c21. The average Bonchev–Trinajstić information content (AvgIpc) is 3.54. The van der Waals surface area contributed by atoms with E-state index in [9.17, 15) is 28.8 Å². The van der Waals surface area contributed by atoms with Gasteiger partial charge in [-0.1, -0.05) is 0 Å². The Bertz CT molecular complexity index is 1670. The van der Waals surface area contributed by atoms with Gasteiger partial charge < -0.3 is 42.6 Å². The second-order valence-electron chi connectivity index (χ2n) is 10.4. The number of carbonyl (C=O) groups excluding carboxylic acids is 6. The summed E-state index contributed by atoms with van der Waals surface area (Å²) < 4.78 is 51.0. The van der Waals surface area contributed by atoms with Gasteiger partial charge in [0.25, 0.3) is 0 Å². The molecule has 4 rings (SSSR count). The maximum absolute atomic E-state index is 12.4. The van der Waals surface area contributed by atoms with Crippen molar-refractivity contribution in [1.82, 2.24) is 0 Å². The lowest BCUT2D eigenvalue weighted by molar-refractivity contribution is -0.176. The van der Waals surface area contributed by atoms with Crippen LogP contribution in [0.3, 0.4) is 0 Å². The van der Waals surface area contributed by atoms with Gasteiger partial charge in [-0.25, -0.2) is 0 Å². The van der Waals surface area contributed by atoms with Gasteiger partial charge in [0, 0.05) is 76.5 Å². The van der Waals surface area contributed by atoms with Crippen LogP contribution in [-0.2, 0) is 49.6 Å². The van der Waals surface area contributed by atoms with Gasteiger partial charge in [-0.2, -0.15) is 0 Å². The molecule has 15 nitrogen and oxygen atoms in total. The molecule has 3 atom stereocenters. The number of carbonyl (C=O) groups is 6. The van der Waals surface area contributed by atoms with E-state index in [0.29, 0.717) is 11.1 Å². The van der Waals surface area contributed by atoms with E-state index in [1.54, 1.807) is 13.8 Å². The van der Waals surface area contributed by atoms with Gasteiger partial charge in [-0.05, 0) is 19.4 Å². The van der Waals surface area contributed by atoms with Crippen molar-refractivity contribution >= 4 is 35.8 Å². The lowest BCUT2D eigenvalue weighted by Crippen LogP contribution is -2.18. The second-order valence-corrected chi connectivity index (χ2v) is 10.4. The fraction of sp³-hybridized carbons (Fsp3) is 0.419. The predicted octanol–water partition coefficient (Wildman–Crippen LogP) is 3.84. The molecule has 246 valence electrons. The molecule has 0 radical (unpaired) electrons. The molecular weight excluding hydrogens is 612 g/mol. The highest BCUT2D eigenvalue weighted by molar-refractivity contribution is 5.83. The monoisotopic (exact) mass is 644 g/mol. The Morgan fingerprint density at radius 1 is 0.522 bits per heavy atom. The standard InChI is InChI=1S/C31H32O15/c1-11-19-10-39-25(21(19)26(42-15(5)34)29(44-17(7)36)23(11)40-13(3)32)27-22-20(31(38-9)46-27)12(2)24(41-14(4)33)30(45-18(8)37)28(22)43-16(6)35/h25,27,31H,10H2,1-9H3. The van der Waals surface area contributed by atoms with Crippen LogP contribution < -0.4 is 28.4 Å². The normalized spacial score (nSPS) is 17.8. The van der Waals surface area contributed by atoms with Crippen LogP contribution in [-0.4, -0.2) is 42.9 Å². The fourth-order valence-corrected chi connectivity index (χ4v) is 5.44. The van der Waals surface area contributed by atoms with Gasteiger partial charge in [0.05, 0.1) is 6.61 Å². The zero-order chi connectivity index (χ0) is 34.2. The van der Waals surface area contributed by atoms with Crippen LogP contribution in [0.4, 0.5) is 0 Å². The number of hydrogen-bond acceptors (Lipinski definition) is 15. The van der Waals surface area contributed by atoms with Gasteiger partial charge >= 0.3 is 35.8 Å². The molecule has 0 fully saturated rings.